The van der Waals surface area contributed by atoms with Crippen molar-refractivity contribution < 1.29 is 19.4 Å². The number of likely N-dealkylation sites (tertiary alicyclic amines) is 1. The van der Waals surface area contributed by atoms with E-state index in [0.717, 1.165) is 0 Å². The molecule has 1 heterocycles. The third kappa shape index (κ3) is 3.62. The van der Waals surface area contributed by atoms with Crippen molar-refractivity contribution in [2.45, 2.75) is 12.8 Å². The Hall–Kier alpha value is -2.30. The molecule has 0 unspecified atom stereocenters. The fourth-order valence-corrected chi connectivity index (χ4v) is 2.45. The molecular formula is C16H19NO4. The summed E-state index contributed by atoms with van der Waals surface area (Å²) >= 11 is 0. The minimum atomic E-state index is -0.844. The summed E-state index contributed by atoms with van der Waals surface area (Å²) in [7, 11) is 0. The van der Waals surface area contributed by atoms with Crippen molar-refractivity contribution in [3.8, 4) is 5.75 Å². The molecule has 0 spiro atoms. The summed E-state index contributed by atoms with van der Waals surface area (Å²) < 4.78 is 5.49. The third-order valence-corrected chi connectivity index (χ3v) is 3.53. The smallest absolute Gasteiger partial charge is 0.308 e. The van der Waals surface area contributed by atoms with Gasteiger partial charge in [-0.05, 0) is 25.0 Å². The van der Waals surface area contributed by atoms with Crippen molar-refractivity contribution >= 4 is 11.9 Å². The zero-order valence-electron chi connectivity index (χ0n) is 11.8. The lowest BCUT2D eigenvalue weighted by atomic mass is 9.97. The Bertz CT molecular complexity index is 541. The maximum absolute atomic E-state index is 12.6. The van der Waals surface area contributed by atoms with Crippen molar-refractivity contribution in [1.29, 1.82) is 0 Å². The summed E-state index contributed by atoms with van der Waals surface area (Å²) in [6, 6.07) is 7.00. The molecule has 5 heteroatoms. The second-order valence-electron chi connectivity index (χ2n) is 5.02. The van der Waals surface area contributed by atoms with Gasteiger partial charge in [0.1, 0.15) is 12.4 Å². The van der Waals surface area contributed by atoms with Gasteiger partial charge >= 0.3 is 5.97 Å². The minimum Gasteiger partial charge on any atom is -0.489 e. The van der Waals surface area contributed by atoms with Crippen molar-refractivity contribution in [3.05, 3.63) is 42.5 Å². The van der Waals surface area contributed by atoms with E-state index in [9.17, 15) is 9.59 Å². The first-order valence-electron chi connectivity index (χ1n) is 6.98. The zero-order valence-corrected chi connectivity index (χ0v) is 11.8. The van der Waals surface area contributed by atoms with E-state index in [-0.39, 0.29) is 12.5 Å². The molecule has 0 aliphatic carbocycles. The van der Waals surface area contributed by atoms with E-state index in [1.165, 1.54) is 0 Å². The van der Waals surface area contributed by atoms with Gasteiger partial charge < -0.3 is 14.7 Å². The summed E-state index contributed by atoms with van der Waals surface area (Å²) in [5, 5.41) is 9.11. The van der Waals surface area contributed by atoms with Crippen LogP contribution in [0.2, 0.25) is 0 Å². The van der Waals surface area contributed by atoms with E-state index < -0.39 is 11.9 Å². The van der Waals surface area contributed by atoms with Crippen molar-refractivity contribution in [2.24, 2.45) is 5.92 Å². The number of para-hydroxylation sites is 1. The topological polar surface area (TPSA) is 66.8 Å². The van der Waals surface area contributed by atoms with Crippen LogP contribution in [-0.4, -0.2) is 41.6 Å². The predicted octanol–water partition coefficient (Wildman–Crippen LogP) is 2.19. The molecule has 5 nitrogen and oxygen atoms in total. The number of carboxylic acid groups (broad SMARTS) is 1. The van der Waals surface area contributed by atoms with Crippen LogP contribution in [0.15, 0.2) is 36.9 Å². The van der Waals surface area contributed by atoms with E-state index in [2.05, 4.69) is 6.58 Å². The highest BCUT2D eigenvalue weighted by molar-refractivity contribution is 5.97. The molecule has 1 aliphatic heterocycles. The molecular weight excluding hydrogens is 270 g/mol. The molecule has 0 saturated carbocycles. The molecule has 1 N–H and O–H groups in total. The Morgan fingerprint density at radius 2 is 2.19 bits per heavy atom. The lowest BCUT2D eigenvalue weighted by Gasteiger charge is -2.31. The van der Waals surface area contributed by atoms with Crippen LogP contribution in [0, 0.1) is 5.92 Å². The number of nitrogens with zero attached hydrogens (tertiary/aromatic N) is 1. The van der Waals surface area contributed by atoms with Crippen LogP contribution in [0.1, 0.15) is 23.2 Å². The monoisotopic (exact) mass is 289 g/mol. The van der Waals surface area contributed by atoms with Gasteiger partial charge in [-0.1, -0.05) is 24.8 Å². The van der Waals surface area contributed by atoms with Gasteiger partial charge in [0.25, 0.3) is 5.91 Å². The summed E-state index contributed by atoms with van der Waals surface area (Å²) in [5.74, 6) is -1.01. The van der Waals surface area contributed by atoms with Gasteiger partial charge in [-0.2, -0.15) is 0 Å². The number of piperidine rings is 1. The molecule has 1 aromatic rings. The van der Waals surface area contributed by atoms with Gasteiger partial charge in [-0.25, -0.2) is 0 Å². The Balaban J connectivity index is 2.15. The Kier molecular flexibility index (Phi) is 4.98. The zero-order chi connectivity index (χ0) is 15.2. The van der Waals surface area contributed by atoms with Crippen LogP contribution in [0.5, 0.6) is 5.75 Å². The normalized spacial score (nSPS) is 18.1. The molecule has 2 rings (SSSR count). The van der Waals surface area contributed by atoms with Gasteiger partial charge in [0.05, 0.1) is 11.5 Å². The molecule has 1 fully saturated rings. The first-order valence-corrected chi connectivity index (χ1v) is 6.98. The number of hydrogen-bond donors (Lipinski definition) is 1. The average molecular weight is 289 g/mol. The van der Waals surface area contributed by atoms with Crippen LogP contribution in [-0.2, 0) is 4.79 Å². The van der Waals surface area contributed by atoms with E-state index >= 15 is 0 Å². The van der Waals surface area contributed by atoms with E-state index in [0.29, 0.717) is 37.3 Å². The van der Waals surface area contributed by atoms with E-state index in [1.54, 1.807) is 35.2 Å². The van der Waals surface area contributed by atoms with E-state index in [4.69, 9.17) is 9.84 Å². The molecule has 0 aromatic heterocycles. The molecule has 21 heavy (non-hydrogen) atoms. The standard InChI is InChI=1S/C16H19NO4/c1-2-10-21-14-8-4-3-7-13(14)15(18)17-9-5-6-12(11-17)16(19)20/h2-4,7-8,12H,1,5-6,9-11H2,(H,19,20)/t12-/m0/s1. The second kappa shape index (κ2) is 6.92. The molecule has 1 saturated heterocycles. The Morgan fingerprint density at radius 1 is 1.43 bits per heavy atom. The van der Waals surface area contributed by atoms with Gasteiger partial charge in [0.2, 0.25) is 0 Å². The number of aliphatic carboxylic acids is 1. The molecule has 1 aliphatic rings. The molecule has 0 radical (unpaired) electrons. The highest BCUT2D eigenvalue weighted by Crippen LogP contribution is 2.23. The Labute approximate surface area is 123 Å². The highest BCUT2D eigenvalue weighted by atomic mass is 16.5. The predicted molar refractivity (Wildman–Crippen MR) is 78.4 cm³/mol. The molecule has 1 amide bonds. The minimum absolute atomic E-state index is 0.180. The summed E-state index contributed by atoms with van der Waals surface area (Å²) in [6.45, 7) is 4.74. The lowest BCUT2D eigenvalue weighted by molar-refractivity contribution is -0.143. The number of hydrogen-bond acceptors (Lipinski definition) is 3. The van der Waals surface area contributed by atoms with Crippen molar-refractivity contribution in [3.63, 3.8) is 0 Å². The summed E-state index contributed by atoms with van der Waals surface area (Å²) in [4.78, 5) is 25.3. The second-order valence-corrected chi connectivity index (χ2v) is 5.02. The number of carboxylic acids is 1. The fraction of sp³-hybridized carbons (Fsp3) is 0.375. The Morgan fingerprint density at radius 3 is 2.90 bits per heavy atom. The van der Waals surface area contributed by atoms with Gasteiger partial charge in [0, 0.05) is 13.1 Å². The third-order valence-electron chi connectivity index (χ3n) is 3.53. The number of ether oxygens (including phenoxy) is 1. The van der Waals surface area contributed by atoms with Crippen LogP contribution in [0.4, 0.5) is 0 Å². The van der Waals surface area contributed by atoms with Crippen LogP contribution < -0.4 is 4.74 Å². The summed E-state index contributed by atoms with van der Waals surface area (Å²) in [6.07, 6.45) is 2.94. The van der Waals surface area contributed by atoms with Crippen LogP contribution in [0.25, 0.3) is 0 Å². The van der Waals surface area contributed by atoms with Gasteiger partial charge in [-0.15, -0.1) is 0 Å². The molecule has 0 bridgehead atoms. The first kappa shape index (κ1) is 15.1. The number of benzene rings is 1. The number of carbonyl (C=O) groups excluding carboxylic acids is 1. The number of rotatable bonds is 5. The van der Waals surface area contributed by atoms with Crippen LogP contribution >= 0.6 is 0 Å². The van der Waals surface area contributed by atoms with Crippen molar-refractivity contribution in [1.82, 2.24) is 4.90 Å². The van der Waals surface area contributed by atoms with E-state index in [1.807, 2.05) is 0 Å². The quantitative estimate of drug-likeness (QED) is 0.844. The fourth-order valence-electron chi connectivity index (χ4n) is 2.45. The van der Waals surface area contributed by atoms with Gasteiger partial charge in [-0.3, -0.25) is 9.59 Å². The highest BCUT2D eigenvalue weighted by Gasteiger charge is 2.29. The maximum atomic E-state index is 12.6. The molecule has 1 atom stereocenters. The molecule has 112 valence electrons. The number of carbonyl (C=O) groups is 2. The maximum Gasteiger partial charge on any atom is 0.308 e. The molecule has 1 aromatic carbocycles. The summed E-state index contributed by atoms with van der Waals surface area (Å²) in [5.41, 5.74) is 0.463. The lowest BCUT2D eigenvalue weighted by Crippen LogP contribution is -2.42. The largest absolute Gasteiger partial charge is 0.489 e. The SMILES string of the molecule is C=CCOc1ccccc1C(=O)N1CCC[C@H](C(=O)O)C1. The van der Waals surface area contributed by atoms with Crippen molar-refractivity contribution in [2.75, 3.05) is 19.7 Å². The first-order chi connectivity index (χ1) is 10.1. The van der Waals surface area contributed by atoms with Crippen LogP contribution in [0.3, 0.4) is 0 Å². The van der Waals surface area contributed by atoms with Gasteiger partial charge in [0.15, 0.2) is 0 Å². The average Bonchev–Trinajstić information content (AvgIpc) is 2.52. The number of amides is 1.